The summed E-state index contributed by atoms with van der Waals surface area (Å²) >= 11 is 0. The monoisotopic (exact) mass is 164 g/mol. The first-order chi connectivity index (χ1) is 3.46. The largest absolute Gasteiger partial charge is 0.412 e. The topological polar surface area (TPSA) is 158 Å². The molecule has 4 N–H and O–H groups in total. The van der Waals surface area contributed by atoms with Crippen molar-refractivity contribution in [2.75, 3.05) is 0 Å². The summed E-state index contributed by atoms with van der Waals surface area (Å²) in [4.78, 5) is 16.7. The minimum Gasteiger partial charge on any atom is -0.412 e. The second-order valence-electron chi connectivity index (χ2n) is 0.476. The first-order valence-electron chi connectivity index (χ1n) is 1.13. The molecule has 0 atom stereocenters. The highest BCUT2D eigenvalue weighted by Gasteiger charge is 1.65. The maximum absolute atomic E-state index is 8.36. The normalized spacial score (nSPS) is 4.80. The van der Waals surface area contributed by atoms with Crippen LogP contribution in [0, 0.1) is 20.2 Å². The number of halogens is 1. The van der Waals surface area contributed by atoms with Crippen LogP contribution in [0.1, 0.15) is 0 Å². The van der Waals surface area contributed by atoms with Crippen LogP contribution < -0.4 is 0 Å². The molecular weight excluding hydrogens is 159 g/mol. The Morgan fingerprint density at radius 1 is 1.00 bits per heavy atom. The van der Waals surface area contributed by atoms with Crippen LogP contribution in [0.3, 0.4) is 0 Å². The van der Waals surface area contributed by atoms with E-state index in [-0.39, 0.29) is 10.2 Å². The van der Waals surface area contributed by atoms with E-state index in [1.165, 1.54) is 0 Å². The fourth-order valence-corrected chi connectivity index (χ4v) is 0. The number of nitrogens with zero attached hydrogens (tertiary/aromatic N) is 2. The molecule has 0 saturated carbocycles. The van der Waals surface area contributed by atoms with Crippen LogP contribution in [0.4, 0.5) is 4.70 Å². The van der Waals surface area contributed by atoms with E-state index in [1.54, 1.807) is 0 Å². The van der Waals surface area contributed by atoms with E-state index in [4.69, 9.17) is 30.6 Å². The van der Waals surface area contributed by atoms with Crippen molar-refractivity contribution >= 4 is 0 Å². The second-order valence-corrected chi connectivity index (χ2v) is 0.476. The van der Waals surface area contributed by atoms with Gasteiger partial charge in [0.15, 0.2) is 0 Å². The van der Waals surface area contributed by atoms with Crippen molar-refractivity contribution in [2.24, 2.45) is 0 Å². The van der Waals surface area contributed by atoms with Crippen molar-refractivity contribution in [1.29, 1.82) is 0 Å². The lowest BCUT2D eigenvalue weighted by molar-refractivity contribution is -0.742. The fourth-order valence-electron chi connectivity index (χ4n) is 0. The Balaban J connectivity index is -0.0000000300. The predicted octanol–water partition coefficient (Wildman–Crippen LogP) is -1.37. The number of hydrogen-bond acceptors (Lipinski definition) is 4. The molecule has 0 aliphatic rings. The average molecular weight is 164 g/mol. The van der Waals surface area contributed by atoms with E-state index in [2.05, 4.69) is 0 Å². The maximum atomic E-state index is 8.36. The summed E-state index contributed by atoms with van der Waals surface area (Å²) in [5.74, 6) is 0. The third-order valence-corrected chi connectivity index (χ3v) is 0. The summed E-state index contributed by atoms with van der Waals surface area (Å²) in [6.45, 7) is 0. The fraction of sp³-hybridized carbons (Fsp3) is 0. The molecule has 0 saturated heterocycles. The molecule has 0 aliphatic carbocycles. The third kappa shape index (κ3) is 60.2. The Labute approximate surface area is 52.4 Å². The van der Waals surface area contributed by atoms with Crippen molar-refractivity contribution in [3.63, 3.8) is 0 Å². The molecule has 0 aromatic rings. The molecule has 0 heterocycles. The van der Waals surface area contributed by atoms with E-state index in [9.17, 15) is 0 Å². The van der Waals surface area contributed by atoms with Gasteiger partial charge in [-0.25, -0.2) is 0 Å². The molecule has 0 aliphatic heterocycles. The Hall–Kier alpha value is -1.71. The molecule has 0 rings (SSSR count). The Morgan fingerprint density at radius 2 is 1.00 bits per heavy atom. The lowest BCUT2D eigenvalue weighted by Gasteiger charge is -1.56. The van der Waals surface area contributed by atoms with Gasteiger partial charge < -0.3 is 15.9 Å². The Morgan fingerprint density at radius 3 is 1.00 bits per heavy atom. The van der Waals surface area contributed by atoms with Gasteiger partial charge in [-0.1, -0.05) is 0 Å². The Bertz CT molecular complexity index is 69.6. The molecule has 0 amide bonds. The molecule has 0 aromatic carbocycles. The first-order valence-corrected chi connectivity index (χ1v) is 1.13. The van der Waals surface area contributed by atoms with Gasteiger partial charge >= 0.3 is 0 Å². The molecule has 0 spiro atoms. The van der Waals surface area contributed by atoms with Gasteiger partial charge in [-0.05, 0) is 0 Å². The minimum atomic E-state index is -1.50. The van der Waals surface area contributed by atoms with Crippen molar-refractivity contribution in [1.82, 2.24) is 0 Å². The van der Waals surface area contributed by atoms with Crippen molar-refractivity contribution < 1.29 is 30.8 Å². The lowest BCUT2D eigenvalue weighted by Crippen LogP contribution is -1.81. The van der Waals surface area contributed by atoms with Crippen LogP contribution in [0.5, 0.6) is 0 Å². The van der Waals surface area contributed by atoms with Gasteiger partial charge in [0, 0.05) is 0 Å². The number of hydrogen-bond donors (Lipinski definition) is 2. The maximum Gasteiger partial charge on any atom is 0.291 e. The average Bonchev–Trinajstić information content (AvgIpc) is 1.25. The first kappa shape index (κ1) is 23.9. The van der Waals surface area contributed by atoms with Gasteiger partial charge in [0.25, 0.3) is 10.2 Å². The highest BCUT2D eigenvalue weighted by Crippen LogP contribution is 1.38. The molecule has 0 bridgehead atoms. The zero-order chi connectivity index (χ0) is 7.15. The predicted molar refractivity (Wildman–Crippen MR) is 23.7 cm³/mol. The van der Waals surface area contributed by atoms with Crippen LogP contribution in [-0.4, -0.2) is 26.1 Å². The zero-order valence-corrected chi connectivity index (χ0v) is 4.33. The summed E-state index contributed by atoms with van der Waals surface area (Å²) in [6.07, 6.45) is 0. The summed E-state index contributed by atoms with van der Waals surface area (Å²) in [5, 5.41) is 27.3. The molecule has 64 valence electrons. The standard InChI is InChI=1S/FH.2HNO3.H2O/c;2*2-1(3)4;/h1H;2*(H,2,3,4);1H2. The van der Waals surface area contributed by atoms with Crippen LogP contribution in [0.2, 0.25) is 0 Å². The molecular formula is H5FN2O7. The van der Waals surface area contributed by atoms with Gasteiger partial charge in [0.2, 0.25) is 0 Å². The van der Waals surface area contributed by atoms with E-state index >= 15 is 0 Å². The van der Waals surface area contributed by atoms with E-state index in [1.807, 2.05) is 0 Å². The zero-order valence-electron chi connectivity index (χ0n) is 4.33. The smallest absolute Gasteiger partial charge is 0.291 e. The summed E-state index contributed by atoms with van der Waals surface area (Å²) in [5.41, 5.74) is 0. The van der Waals surface area contributed by atoms with E-state index < -0.39 is 10.2 Å². The number of rotatable bonds is 0. The summed E-state index contributed by atoms with van der Waals surface area (Å²) in [7, 11) is 0. The molecule has 10 heteroatoms. The quantitative estimate of drug-likeness (QED) is 0.332. The van der Waals surface area contributed by atoms with Crippen molar-refractivity contribution in [3.8, 4) is 0 Å². The van der Waals surface area contributed by atoms with Crippen molar-refractivity contribution in [2.45, 2.75) is 0 Å². The van der Waals surface area contributed by atoms with Crippen molar-refractivity contribution in [3.05, 3.63) is 20.2 Å². The SMILES string of the molecule is F.O.O=[N+]([O-])O.O=[N+]([O-])O. The lowest BCUT2D eigenvalue weighted by atomic mass is 13.1. The summed E-state index contributed by atoms with van der Waals surface area (Å²) in [6, 6.07) is 0. The third-order valence-electron chi connectivity index (χ3n) is 0. The second kappa shape index (κ2) is 15.7. The molecule has 0 unspecified atom stereocenters. The molecule has 0 fully saturated rings. The van der Waals surface area contributed by atoms with E-state index in [0.29, 0.717) is 0 Å². The summed E-state index contributed by atoms with van der Waals surface area (Å²) < 4.78 is 0. The minimum absolute atomic E-state index is 0. The Kier molecular flexibility index (Phi) is 37.5. The molecule has 0 aromatic heterocycles. The molecule has 9 nitrogen and oxygen atoms in total. The molecule has 0 radical (unpaired) electrons. The van der Waals surface area contributed by atoms with Gasteiger partial charge in [0.05, 0.1) is 0 Å². The van der Waals surface area contributed by atoms with Crippen LogP contribution in [0.25, 0.3) is 0 Å². The van der Waals surface area contributed by atoms with Gasteiger partial charge in [-0.3, -0.25) is 4.70 Å². The highest BCUT2D eigenvalue weighted by molar-refractivity contribution is 3.83. The van der Waals surface area contributed by atoms with Gasteiger partial charge in [-0.2, -0.15) is 0 Å². The van der Waals surface area contributed by atoms with Gasteiger partial charge in [-0.15, -0.1) is 20.2 Å². The van der Waals surface area contributed by atoms with Crippen LogP contribution in [0.15, 0.2) is 0 Å². The van der Waals surface area contributed by atoms with Gasteiger partial charge in [0.1, 0.15) is 0 Å². The molecule has 10 heavy (non-hydrogen) atoms. The van der Waals surface area contributed by atoms with Crippen LogP contribution >= 0.6 is 0 Å². The van der Waals surface area contributed by atoms with E-state index in [0.717, 1.165) is 0 Å². The van der Waals surface area contributed by atoms with Crippen LogP contribution in [-0.2, 0) is 0 Å². The highest BCUT2D eigenvalue weighted by atomic mass is 19.0.